The van der Waals surface area contributed by atoms with Crippen LogP contribution in [-0.2, 0) is 22.7 Å². The van der Waals surface area contributed by atoms with Gasteiger partial charge in [0.05, 0.1) is 29.2 Å². The van der Waals surface area contributed by atoms with Crippen LogP contribution in [0.25, 0.3) is 11.0 Å². The van der Waals surface area contributed by atoms with Gasteiger partial charge in [0.15, 0.2) is 0 Å². The number of hydrogen-bond donors (Lipinski definition) is 1. The Balaban J connectivity index is 1.45. The highest BCUT2D eigenvalue weighted by Crippen LogP contribution is 2.27. The fraction of sp³-hybridized carbons (Fsp3) is 0.286. The van der Waals surface area contributed by atoms with Crippen molar-refractivity contribution in [3.05, 3.63) is 60.2 Å². The van der Waals surface area contributed by atoms with E-state index in [1.165, 1.54) is 11.0 Å². The molecule has 4 rings (SSSR count). The largest absolute Gasteiger partial charge is 0.349 e. The van der Waals surface area contributed by atoms with Crippen LogP contribution >= 0.6 is 0 Å². The number of benzene rings is 2. The summed E-state index contributed by atoms with van der Waals surface area (Å²) >= 11 is 0. The van der Waals surface area contributed by atoms with E-state index in [1.807, 2.05) is 31.2 Å². The molecule has 1 N–H and O–H groups in total. The molecular weight excluding hydrogens is 359 g/mol. The Morgan fingerprint density at radius 2 is 1.96 bits per heavy atom. The molecular formula is C21H21FN4O2. The first kappa shape index (κ1) is 18.2. The second-order valence-corrected chi connectivity index (χ2v) is 6.84. The maximum absolute atomic E-state index is 14.0. The van der Waals surface area contributed by atoms with E-state index in [1.54, 1.807) is 18.2 Å². The smallest absolute Gasteiger partial charge is 0.227 e. The number of anilines is 1. The molecule has 0 radical (unpaired) electrons. The molecule has 1 fully saturated rings. The number of carbonyl (C=O) groups excluding carboxylic acids is 2. The first-order valence-electron chi connectivity index (χ1n) is 9.35. The zero-order chi connectivity index (χ0) is 19.7. The van der Waals surface area contributed by atoms with Crippen molar-refractivity contribution in [2.75, 3.05) is 11.4 Å². The monoisotopic (exact) mass is 380 g/mol. The first-order valence-corrected chi connectivity index (χ1v) is 9.35. The van der Waals surface area contributed by atoms with Crippen LogP contribution in [0.4, 0.5) is 10.1 Å². The molecule has 0 aliphatic carbocycles. The molecule has 0 spiro atoms. The number of fused-ring (bicyclic) bond motifs is 1. The lowest BCUT2D eigenvalue weighted by Gasteiger charge is -2.17. The van der Waals surface area contributed by atoms with Crippen molar-refractivity contribution in [3.63, 3.8) is 0 Å². The van der Waals surface area contributed by atoms with E-state index in [9.17, 15) is 14.0 Å². The van der Waals surface area contributed by atoms with Gasteiger partial charge in [0, 0.05) is 19.5 Å². The predicted octanol–water partition coefficient (Wildman–Crippen LogP) is 2.86. The second kappa shape index (κ2) is 7.42. The summed E-state index contributed by atoms with van der Waals surface area (Å²) in [5.41, 5.74) is 2.13. The lowest BCUT2D eigenvalue weighted by molar-refractivity contribution is -0.126. The molecule has 3 aromatic rings. The standard InChI is InChI=1S/C21H21FN4O2/c1-2-25-18-10-6-4-8-16(18)24-19(25)12-23-21(28)14-11-20(27)26(13-14)17-9-5-3-7-15(17)22/h3-10,14H,2,11-13H2,1H3,(H,23,28)/t14-/m1/s1. The summed E-state index contributed by atoms with van der Waals surface area (Å²) in [6, 6.07) is 13.9. The third-order valence-electron chi connectivity index (χ3n) is 5.11. The predicted molar refractivity (Wildman–Crippen MR) is 104 cm³/mol. The minimum Gasteiger partial charge on any atom is -0.349 e. The summed E-state index contributed by atoms with van der Waals surface area (Å²) in [6.07, 6.45) is 0.0738. The minimum absolute atomic E-state index is 0.0738. The van der Waals surface area contributed by atoms with Crippen LogP contribution in [-0.4, -0.2) is 27.9 Å². The number of imidazole rings is 1. The van der Waals surface area contributed by atoms with Crippen LogP contribution in [0.3, 0.4) is 0 Å². The molecule has 2 aromatic carbocycles. The number of aromatic nitrogens is 2. The summed E-state index contributed by atoms with van der Waals surface area (Å²) in [4.78, 5) is 30.9. The van der Waals surface area contributed by atoms with E-state index < -0.39 is 11.7 Å². The number of rotatable bonds is 5. The molecule has 1 saturated heterocycles. The van der Waals surface area contributed by atoms with E-state index in [0.29, 0.717) is 0 Å². The Hall–Kier alpha value is -3.22. The van der Waals surface area contributed by atoms with E-state index in [2.05, 4.69) is 14.9 Å². The summed E-state index contributed by atoms with van der Waals surface area (Å²) < 4.78 is 16.0. The lowest BCUT2D eigenvalue weighted by atomic mass is 10.1. The van der Waals surface area contributed by atoms with Crippen LogP contribution in [0.2, 0.25) is 0 Å². The van der Waals surface area contributed by atoms with Gasteiger partial charge in [-0.3, -0.25) is 9.59 Å². The average Bonchev–Trinajstić information content (AvgIpc) is 3.26. The van der Waals surface area contributed by atoms with Crippen LogP contribution in [0.15, 0.2) is 48.5 Å². The molecule has 1 atom stereocenters. The highest BCUT2D eigenvalue weighted by atomic mass is 19.1. The second-order valence-electron chi connectivity index (χ2n) is 6.84. The van der Waals surface area contributed by atoms with E-state index in [0.717, 1.165) is 23.4 Å². The van der Waals surface area contributed by atoms with Crippen molar-refractivity contribution in [1.29, 1.82) is 0 Å². The molecule has 0 unspecified atom stereocenters. The number of hydrogen-bond acceptors (Lipinski definition) is 3. The van der Waals surface area contributed by atoms with Gasteiger partial charge in [0.2, 0.25) is 11.8 Å². The van der Waals surface area contributed by atoms with Crippen molar-refractivity contribution in [2.24, 2.45) is 5.92 Å². The van der Waals surface area contributed by atoms with E-state index >= 15 is 0 Å². The number of carbonyl (C=O) groups is 2. The van der Waals surface area contributed by atoms with Gasteiger partial charge in [-0.25, -0.2) is 9.37 Å². The van der Waals surface area contributed by atoms with Crippen LogP contribution in [0.5, 0.6) is 0 Å². The number of aryl methyl sites for hydroxylation is 1. The van der Waals surface area contributed by atoms with E-state index in [-0.39, 0.29) is 37.0 Å². The van der Waals surface area contributed by atoms with Crippen molar-refractivity contribution in [2.45, 2.75) is 26.4 Å². The Kier molecular flexibility index (Phi) is 4.81. The molecule has 2 heterocycles. The topological polar surface area (TPSA) is 67.2 Å². The summed E-state index contributed by atoms with van der Waals surface area (Å²) in [7, 11) is 0. The zero-order valence-electron chi connectivity index (χ0n) is 15.6. The normalized spacial score (nSPS) is 16.7. The molecule has 1 aliphatic heterocycles. The molecule has 0 bridgehead atoms. The molecule has 7 heteroatoms. The van der Waals surface area contributed by atoms with Gasteiger partial charge >= 0.3 is 0 Å². The molecule has 6 nitrogen and oxygen atoms in total. The zero-order valence-corrected chi connectivity index (χ0v) is 15.6. The highest BCUT2D eigenvalue weighted by molar-refractivity contribution is 6.00. The minimum atomic E-state index is -0.508. The third-order valence-corrected chi connectivity index (χ3v) is 5.11. The van der Waals surface area contributed by atoms with Crippen molar-refractivity contribution >= 4 is 28.5 Å². The number of halogens is 1. The molecule has 2 amide bonds. The van der Waals surface area contributed by atoms with Gasteiger partial charge in [0.1, 0.15) is 11.6 Å². The number of nitrogens with zero attached hydrogens (tertiary/aromatic N) is 3. The molecule has 1 aromatic heterocycles. The molecule has 0 saturated carbocycles. The van der Waals surface area contributed by atoms with Gasteiger partial charge in [-0.1, -0.05) is 24.3 Å². The number of amides is 2. The van der Waals surface area contributed by atoms with Crippen molar-refractivity contribution < 1.29 is 14.0 Å². The molecule has 28 heavy (non-hydrogen) atoms. The van der Waals surface area contributed by atoms with Gasteiger partial charge in [-0.05, 0) is 31.2 Å². The Labute approximate surface area is 162 Å². The average molecular weight is 380 g/mol. The van der Waals surface area contributed by atoms with Crippen LogP contribution in [0.1, 0.15) is 19.2 Å². The van der Waals surface area contributed by atoms with Crippen molar-refractivity contribution in [3.8, 4) is 0 Å². The molecule has 144 valence electrons. The maximum atomic E-state index is 14.0. The van der Waals surface area contributed by atoms with Gasteiger partial charge < -0.3 is 14.8 Å². The Morgan fingerprint density at radius 3 is 2.75 bits per heavy atom. The number of para-hydroxylation sites is 3. The van der Waals surface area contributed by atoms with Gasteiger partial charge in [-0.2, -0.15) is 0 Å². The fourth-order valence-corrected chi connectivity index (χ4v) is 3.71. The Bertz CT molecular complexity index is 1050. The number of nitrogens with one attached hydrogen (secondary N) is 1. The summed E-state index contributed by atoms with van der Waals surface area (Å²) in [6.45, 7) is 3.23. The first-order chi connectivity index (χ1) is 13.6. The third kappa shape index (κ3) is 3.24. The summed E-state index contributed by atoms with van der Waals surface area (Å²) in [5, 5.41) is 2.89. The van der Waals surface area contributed by atoms with Crippen LogP contribution < -0.4 is 10.2 Å². The quantitative estimate of drug-likeness (QED) is 0.740. The van der Waals surface area contributed by atoms with Crippen LogP contribution in [0, 0.1) is 11.7 Å². The van der Waals surface area contributed by atoms with Gasteiger partial charge in [-0.15, -0.1) is 0 Å². The lowest BCUT2D eigenvalue weighted by Crippen LogP contribution is -2.33. The maximum Gasteiger partial charge on any atom is 0.227 e. The van der Waals surface area contributed by atoms with Gasteiger partial charge in [0.25, 0.3) is 0 Å². The molecule has 1 aliphatic rings. The highest BCUT2D eigenvalue weighted by Gasteiger charge is 2.36. The SMILES string of the molecule is CCn1c(CNC(=O)[C@@H]2CC(=O)N(c3ccccc3F)C2)nc2ccccc21. The Morgan fingerprint density at radius 1 is 1.21 bits per heavy atom. The fourth-order valence-electron chi connectivity index (χ4n) is 3.71. The summed E-state index contributed by atoms with van der Waals surface area (Å²) in [5.74, 6) is -0.666. The van der Waals surface area contributed by atoms with E-state index in [4.69, 9.17) is 0 Å². The van der Waals surface area contributed by atoms with Crippen molar-refractivity contribution in [1.82, 2.24) is 14.9 Å².